The zero-order chi connectivity index (χ0) is 17.0. The molecule has 0 aliphatic rings. The molecule has 1 heterocycles. The number of halogens is 1. The van der Waals surface area contributed by atoms with Crippen molar-refractivity contribution in [3.05, 3.63) is 59.2 Å². The monoisotopic (exact) mass is 317 g/mol. The van der Waals surface area contributed by atoms with Crippen LogP contribution in [0.3, 0.4) is 0 Å². The number of carbonyl (C=O) groups excluding carboxylic acids is 2. The maximum Gasteiger partial charge on any atom is 0.267 e. The van der Waals surface area contributed by atoms with Crippen molar-refractivity contribution in [2.75, 3.05) is 6.54 Å². The van der Waals surface area contributed by atoms with Crippen LogP contribution in [0, 0.1) is 18.7 Å². The topological polar surface area (TPSA) is 77.1 Å². The number of carbonyl (C=O) groups is 2. The number of hydrogen-bond donors (Lipinski definition) is 2. The third kappa shape index (κ3) is 4.18. The molecule has 3 N–H and O–H groups in total. The Morgan fingerprint density at radius 2 is 1.87 bits per heavy atom. The van der Waals surface area contributed by atoms with Crippen LogP contribution < -0.4 is 11.1 Å². The van der Waals surface area contributed by atoms with Gasteiger partial charge in [-0.15, -0.1) is 0 Å². The van der Waals surface area contributed by atoms with Crippen LogP contribution in [0.15, 0.2) is 36.4 Å². The summed E-state index contributed by atoms with van der Waals surface area (Å²) in [6.45, 7) is 2.04. The standard InChI is InChI=1S/C17H20FN3O2/c1-11-3-8-15(21(11)2)17(23)20-10-13(16(19)22)9-12-4-6-14(18)7-5-12/h3-8,13H,9-10H2,1-2H3,(H2,19,22)(H,20,23)/t13-/m1/s1. The van der Waals surface area contributed by atoms with Crippen molar-refractivity contribution in [3.8, 4) is 0 Å². The maximum absolute atomic E-state index is 12.9. The number of hydrogen-bond acceptors (Lipinski definition) is 2. The minimum atomic E-state index is -0.550. The number of rotatable bonds is 6. The molecule has 122 valence electrons. The molecule has 1 atom stereocenters. The van der Waals surface area contributed by atoms with Gasteiger partial charge in [-0.1, -0.05) is 12.1 Å². The number of nitrogens with two attached hydrogens (primary N) is 1. The Labute approximate surface area is 134 Å². The fourth-order valence-electron chi connectivity index (χ4n) is 2.33. The molecule has 0 unspecified atom stereocenters. The number of aryl methyl sites for hydroxylation is 1. The summed E-state index contributed by atoms with van der Waals surface area (Å²) in [6, 6.07) is 9.45. The zero-order valence-corrected chi connectivity index (χ0v) is 13.2. The Morgan fingerprint density at radius 1 is 1.22 bits per heavy atom. The third-order valence-corrected chi connectivity index (χ3v) is 3.91. The molecule has 0 radical (unpaired) electrons. The molecule has 0 saturated carbocycles. The highest BCUT2D eigenvalue weighted by Crippen LogP contribution is 2.10. The van der Waals surface area contributed by atoms with Crippen molar-refractivity contribution in [1.29, 1.82) is 0 Å². The number of nitrogens with one attached hydrogen (secondary N) is 1. The molecule has 2 aromatic rings. The second kappa shape index (κ2) is 7.09. The van der Waals surface area contributed by atoms with E-state index in [0.29, 0.717) is 12.1 Å². The van der Waals surface area contributed by atoms with Gasteiger partial charge < -0.3 is 15.6 Å². The van der Waals surface area contributed by atoms with Gasteiger partial charge in [-0.25, -0.2) is 4.39 Å². The molecule has 6 heteroatoms. The smallest absolute Gasteiger partial charge is 0.267 e. The lowest BCUT2D eigenvalue weighted by Crippen LogP contribution is -2.37. The van der Waals surface area contributed by atoms with E-state index in [4.69, 9.17) is 5.73 Å². The van der Waals surface area contributed by atoms with E-state index in [1.54, 1.807) is 29.8 Å². The molecule has 0 spiro atoms. The lowest BCUT2D eigenvalue weighted by molar-refractivity contribution is -0.121. The molecule has 0 bridgehead atoms. The molecular formula is C17H20FN3O2. The summed E-state index contributed by atoms with van der Waals surface area (Å²) >= 11 is 0. The van der Waals surface area contributed by atoms with Gasteiger partial charge in [0.1, 0.15) is 11.5 Å². The summed E-state index contributed by atoms with van der Waals surface area (Å²) in [6.07, 6.45) is 0.349. The van der Waals surface area contributed by atoms with E-state index in [-0.39, 0.29) is 18.3 Å². The summed E-state index contributed by atoms with van der Waals surface area (Å²) < 4.78 is 14.7. The number of amides is 2. The first kappa shape index (κ1) is 16.7. The predicted molar refractivity (Wildman–Crippen MR) is 85.3 cm³/mol. The Balaban J connectivity index is 2.00. The number of aromatic nitrogens is 1. The molecule has 1 aromatic heterocycles. The normalized spacial score (nSPS) is 12.0. The van der Waals surface area contributed by atoms with Crippen LogP contribution in [-0.4, -0.2) is 22.9 Å². The molecule has 23 heavy (non-hydrogen) atoms. The van der Waals surface area contributed by atoms with Crippen molar-refractivity contribution >= 4 is 11.8 Å². The molecule has 2 amide bonds. The molecular weight excluding hydrogens is 297 g/mol. The lowest BCUT2D eigenvalue weighted by atomic mass is 9.98. The van der Waals surface area contributed by atoms with Gasteiger partial charge in [0.15, 0.2) is 0 Å². The van der Waals surface area contributed by atoms with Crippen LogP contribution in [0.1, 0.15) is 21.7 Å². The van der Waals surface area contributed by atoms with Crippen LogP contribution in [0.25, 0.3) is 0 Å². The van der Waals surface area contributed by atoms with E-state index in [2.05, 4.69) is 5.32 Å². The summed E-state index contributed by atoms with van der Waals surface area (Å²) in [5.74, 6) is -1.65. The highest BCUT2D eigenvalue weighted by molar-refractivity contribution is 5.93. The van der Waals surface area contributed by atoms with Crippen molar-refractivity contribution in [2.45, 2.75) is 13.3 Å². The summed E-state index contributed by atoms with van der Waals surface area (Å²) in [5.41, 5.74) is 7.68. The van der Waals surface area contributed by atoms with Crippen molar-refractivity contribution in [3.63, 3.8) is 0 Å². The van der Waals surface area contributed by atoms with Crippen molar-refractivity contribution in [2.24, 2.45) is 18.7 Å². The Hall–Kier alpha value is -2.63. The van der Waals surface area contributed by atoms with E-state index >= 15 is 0 Å². The van der Waals surface area contributed by atoms with Gasteiger partial charge in [-0.05, 0) is 43.2 Å². The molecule has 0 saturated heterocycles. The summed E-state index contributed by atoms with van der Waals surface area (Å²) in [7, 11) is 1.80. The second-order valence-electron chi connectivity index (χ2n) is 5.56. The van der Waals surface area contributed by atoms with E-state index in [1.165, 1.54) is 12.1 Å². The molecule has 0 aliphatic heterocycles. The maximum atomic E-state index is 12.9. The number of primary amides is 1. The number of benzene rings is 1. The minimum absolute atomic E-state index is 0.135. The van der Waals surface area contributed by atoms with E-state index in [1.807, 2.05) is 13.0 Å². The first-order valence-electron chi connectivity index (χ1n) is 7.32. The fourth-order valence-corrected chi connectivity index (χ4v) is 2.33. The SMILES string of the molecule is Cc1ccc(C(=O)NC[C@@H](Cc2ccc(F)cc2)C(N)=O)n1C. The van der Waals surface area contributed by atoms with Gasteiger partial charge in [0, 0.05) is 19.3 Å². The van der Waals surface area contributed by atoms with Crippen LogP contribution in [0.4, 0.5) is 4.39 Å². The quantitative estimate of drug-likeness (QED) is 0.848. The summed E-state index contributed by atoms with van der Waals surface area (Å²) in [4.78, 5) is 23.8. The average Bonchev–Trinajstić information content (AvgIpc) is 2.84. The average molecular weight is 317 g/mol. The van der Waals surface area contributed by atoms with Crippen molar-refractivity contribution < 1.29 is 14.0 Å². The van der Waals surface area contributed by atoms with Crippen molar-refractivity contribution in [1.82, 2.24) is 9.88 Å². The molecule has 2 rings (SSSR count). The fraction of sp³-hybridized carbons (Fsp3) is 0.294. The Morgan fingerprint density at radius 3 is 2.39 bits per heavy atom. The number of nitrogens with zero attached hydrogens (tertiary/aromatic N) is 1. The molecule has 0 aliphatic carbocycles. The Kier molecular flexibility index (Phi) is 5.16. The second-order valence-corrected chi connectivity index (χ2v) is 5.56. The van der Waals surface area contributed by atoms with Crippen LogP contribution in [0.2, 0.25) is 0 Å². The van der Waals surface area contributed by atoms with Crippen LogP contribution in [-0.2, 0) is 18.3 Å². The van der Waals surface area contributed by atoms with Crippen LogP contribution >= 0.6 is 0 Å². The van der Waals surface area contributed by atoms with Crippen LogP contribution in [0.5, 0.6) is 0 Å². The van der Waals surface area contributed by atoms with E-state index < -0.39 is 11.8 Å². The highest BCUT2D eigenvalue weighted by atomic mass is 19.1. The first-order chi connectivity index (χ1) is 10.9. The van der Waals surface area contributed by atoms with Gasteiger partial charge in [0.2, 0.25) is 5.91 Å². The summed E-state index contributed by atoms with van der Waals surface area (Å²) in [5, 5.41) is 2.73. The highest BCUT2D eigenvalue weighted by Gasteiger charge is 2.19. The van der Waals surface area contributed by atoms with Gasteiger partial charge in [0.25, 0.3) is 5.91 Å². The van der Waals surface area contributed by atoms with Gasteiger partial charge >= 0.3 is 0 Å². The predicted octanol–water partition coefficient (Wildman–Crippen LogP) is 1.55. The van der Waals surface area contributed by atoms with Gasteiger partial charge in [-0.3, -0.25) is 9.59 Å². The van der Waals surface area contributed by atoms with Gasteiger partial charge in [-0.2, -0.15) is 0 Å². The largest absolute Gasteiger partial charge is 0.369 e. The molecule has 5 nitrogen and oxygen atoms in total. The Bertz CT molecular complexity index is 707. The first-order valence-corrected chi connectivity index (χ1v) is 7.32. The minimum Gasteiger partial charge on any atom is -0.369 e. The zero-order valence-electron chi connectivity index (χ0n) is 13.2. The lowest BCUT2D eigenvalue weighted by Gasteiger charge is -2.15. The van der Waals surface area contributed by atoms with Gasteiger partial charge in [0.05, 0.1) is 5.92 Å². The molecule has 1 aromatic carbocycles. The van der Waals surface area contributed by atoms with E-state index in [0.717, 1.165) is 11.3 Å². The third-order valence-electron chi connectivity index (χ3n) is 3.91. The molecule has 0 fully saturated rings. The van der Waals surface area contributed by atoms with E-state index in [9.17, 15) is 14.0 Å².